The van der Waals surface area contributed by atoms with Crippen molar-refractivity contribution < 1.29 is 0 Å². The Morgan fingerprint density at radius 3 is 2.26 bits per heavy atom. The van der Waals surface area contributed by atoms with E-state index in [9.17, 15) is 9.59 Å². The lowest BCUT2D eigenvalue weighted by atomic mass is 10.1. The van der Waals surface area contributed by atoms with E-state index in [2.05, 4.69) is 22.1 Å². The Bertz CT molecular complexity index is 456. The molecule has 0 aliphatic heterocycles. The third kappa shape index (κ3) is 7.20. The van der Waals surface area contributed by atoms with Crippen molar-refractivity contribution in [2.45, 2.75) is 63.3 Å². The molecule has 6 heteroatoms. The van der Waals surface area contributed by atoms with Gasteiger partial charge < -0.3 is 0 Å². The van der Waals surface area contributed by atoms with Crippen LogP contribution < -0.4 is 11.2 Å². The molecule has 1 heterocycles. The van der Waals surface area contributed by atoms with Crippen LogP contribution in [-0.4, -0.2) is 20.9 Å². The van der Waals surface area contributed by atoms with Gasteiger partial charge in [-0.1, -0.05) is 63.6 Å². The molecule has 0 aromatic carbocycles. The van der Waals surface area contributed by atoms with E-state index in [4.69, 9.17) is 0 Å². The van der Waals surface area contributed by atoms with Gasteiger partial charge in [-0.15, -0.1) is 0 Å². The summed E-state index contributed by atoms with van der Waals surface area (Å²) in [7, 11) is 0. The van der Waals surface area contributed by atoms with Gasteiger partial charge in [0.05, 0.1) is 0 Å². The second-order valence-electron chi connectivity index (χ2n) is 4.64. The van der Waals surface area contributed by atoms with Gasteiger partial charge in [-0.05, 0) is 12.2 Å². The summed E-state index contributed by atoms with van der Waals surface area (Å²) < 4.78 is 0. The summed E-state index contributed by atoms with van der Waals surface area (Å²) >= 11 is 1.40. The van der Waals surface area contributed by atoms with Gasteiger partial charge in [-0.2, -0.15) is 5.10 Å². The average molecular weight is 285 g/mol. The number of H-pyrrole nitrogens is 2. The van der Waals surface area contributed by atoms with Crippen LogP contribution in [0.5, 0.6) is 0 Å². The van der Waals surface area contributed by atoms with Crippen LogP contribution in [0.4, 0.5) is 0 Å². The lowest BCUT2D eigenvalue weighted by Gasteiger charge is -2.01. The van der Waals surface area contributed by atoms with Crippen LogP contribution in [0.3, 0.4) is 0 Å². The second-order valence-corrected chi connectivity index (χ2v) is 5.72. The maximum atomic E-state index is 11.3. The molecule has 0 fully saturated rings. The van der Waals surface area contributed by atoms with Gasteiger partial charge in [0, 0.05) is 0 Å². The number of unbranched alkanes of at least 4 members (excludes halogenated alkanes) is 7. The predicted molar refractivity (Wildman–Crippen MR) is 78.8 cm³/mol. The summed E-state index contributed by atoms with van der Waals surface area (Å²) in [5, 5.41) is 6.32. The zero-order valence-electron chi connectivity index (χ0n) is 11.5. The van der Waals surface area contributed by atoms with E-state index in [0.717, 1.165) is 12.2 Å². The van der Waals surface area contributed by atoms with Crippen molar-refractivity contribution in [2.24, 2.45) is 0 Å². The minimum atomic E-state index is -0.554. The van der Waals surface area contributed by atoms with Gasteiger partial charge in [0.15, 0.2) is 5.03 Å². The molecule has 0 bridgehead atoms. The molecule has 0 saturated heterocycles. The smallest absolute Gasteiger partial charge is 0.271 e. The van der Waals surface area contributed by atoms with Gasteiger partial charge in [-0.25, -0.2) is 9.89 Å². The molecule has 2 N–H and O–H groups in total. The molecule has 19 heavy (non-hydrogen) atoms. The number of hydrogen-bond donors (Lipinski definition) is 2. The number of rotatable bonds is 10. The van der Waals surface area contributed by atoms with Crippen molar-refractivity contribution in [2.75, 3.05) is 5.75 Å². The fourth-order valence-corrected chi connectivity index (χ4v) is 2.67. The number of thioether (sulfide) groups is 1. The molecule has 1 aromatic rings. The van der Waals surface area contributed by atoms with Crippen molar-refractivity contribution in [1.82, 2.24) is 15.2 Å². The largest absolute Gasteiger partial charge is 0.342 e. The quantitative estimate of drug-likeness (QED) is 0.512. The van der Waals surface area contributed by atoms with Crippen molar-refractivity contribution in [3.05, 3.63) is 20.8 Å². The van der Waals surface area contributed by atoms with Gasteiger partial charge in [0.25, 0.3) is 5.56 Å². The molecular formula is C13H23N3O2S. The Hall–Kier alpha value is -1.04. The first-order chi connectivity index (χ1) is 9.24. The Morgan fingerprint density at radius 2 is 1.63 bits per heavy atom. The van der Waals surface area contributed by atoms with Crippen molar-refractivity contribution in [1.29, 1.82) is 0 Å². The van der Waals surface area contributed by atoms with Gasteiger partial charge in [0.2, 0.25) is 0 Å². The van der Waals surface area contributed by atoms with E-state index in [1.807, 2.05) is 0 Å². The van der Waals surface area contributed by atoms with Gasteiger partial charge >= 0.3 is 5.69 Å². The van der Waals surface area contributed by atoms with Gasteiger partial charge in [-0.3, -0.25) is 9.78 Å². The summed E-state index contributed by atoms with van der Waals surface area (Å²) in [6, 6.07) is 0. The monoisotopic (exact) mass is 285 g/mol. The number of nitrogens with one attached hydrogen (secondary N) is 2. The molecular weight excluding hydrogens is 262 g/mol. The molecule has 0 atom stereocenters. The Kier molecular flexibility index (Phi) is 8.29. The highest BCUT2D eigenvalue weighted by Crippen LogP contribution is 2.14. The Morgan fingerprint density at radius 1 is 1.00 bits per heavy atom. The molecule has 0 unspecified atom stereocenters. The summed E-state index contributed by atoms with van der Waals surface area (Å²) in [6.45, 7) is 2.23. The first-order valence-electron chi connectivity index (χ1n) is 7.06. The van der Waals surface area contributed by atoms with Crippen LogP contribution in [0.2, 0.25) is 0 Å². The fourth-order valence-electron chi connectivity index (χ4n) is 1.84. The molecule has 0 saturated carbocycles. The summed E-state index contributed by atoms with van der Waals surface area (Å²) in [4.78, 5) is 24.3. The maximum absolute atomic E-state index is 11.3. The van der Waals surface area contributed by atoms with E-state index in [1.54, 1.807) is 0 Å². The molecule has 1 aromatic heterocycles. The SMILES string of the molecule is CCCCCCCCCCSc1n[nH]c(=O)[nH]c1=O. The fraction of sp³-hybridized carbons (Fsp3) is 0.769. The minimum absolute atomic E-state index is 0.350. The summed E-state index contributed by atoms with van der Waals surface area (Å²) in [5.74, 6) is 0.872. The molecule has 0 spiro atoms. The molecule has 108 valence electrons. The molecule has 0 aliphatic rings. The molecule has 0 amide bonds. The zero-order chi connectivity index (χ0) is 13.9. The lowest BCUT2D eigenvalue weighted by Crippen LogP contribution is -2.25. The van der Waals surface area contributed by atoms with Crippen LogP contribution in [0.1, 0.15) is 58.3 Å². The highest BCUT2D eigenvalue weighted by molar-refractivity contribution is 7.99. The van der Waals surface area contributed by atoms with Crippen molar-refractivity contribution in [3.8, 4) is 0 Å². The van der Waals surface area contributed by atoms with Crippen LogP contribution in [0, 0.1) is 0 Å². The molecule has 1 rings (SSSR count). The van der Waals surface area contributed by atoms with Crippen LogP contribution in [-0.2, 0) is 0 Å². The normalized spacial score (nSPS) is 10.8. The lowest BCUT2D eigenvalue weighted by molar-refractivity contribution is 0.586. The van der Waals surface area contributed by atoms with Crippen LogP contribution >= 0.6 is 11.8 Å². The third-order valence-corrected chi connectivity index (χ3v) is 3.96. The first-order valence-corrected chi connectivity index (χ1v) is 8.04. The molecule has 0 aliphatic carbocycles. The topological polar surface area (TPSA) is 78.6 Å². The molecule has 5 nitrogen and oxygen atoms in total. The third-order valence-electron chi connectivity index (χ3n) is 2.92. The van der Waals surface area contributed by atoms with E-state index in [-0.39, 0.29) is 0 Å². The summed E-state index contributed by atoms with van der Waals surface area (Å²) in [5.41, 5.74) is -0.949. The van der Waals surface area contributed by atoms with E-state index < -0.39 is 11.2 Å². The average Bonchev–Trinajstić information content (AvgIpc) is 2.39. The van der Waals surface area contributed by atoms with E-state index in [1.165, 1.54) is 56.7 Å². The maximum Gasteiger partial charge on any atom is 0.342 e. The van der Waals surface area contributed by atoms with E-state index >= 15 is 0 Å². The number of aromatic nitrogens is 3. The predicted octanol–water partition coefficient (Wildman–Crippen LogP) is 2.69. The number of nitrogens with zero attached hydrogens (tertiary/aromatic N) is 1. The number of aromatic amines is 2. The highest BCUT2D eigenvalue weighted by Gasteiger charge is 2.02. The zero-order valence-corrected chi connectivity index (χ0v) is 12.4. The highest BCUT2D eigenvalue weighted by atomic mass is 32.2. The minimum Gasteiger partial charge on any atom is -0.271 e. The Balaban J connectivity index is 2.05. The summed E-state index contributed by atoms with van der Waals surface area (Å²) in [6.07, 6.45) is 10.2. The van der Waals surface area contributed by atoms with Crippen LogP contribution in [0.15, 0.2) is 14.6 Å². The van der Waals surface area contributed by atoms with Crippen molar-refractivity contribution in [3.63, 3.8) is 0 Å². The standard InChI is InChI=1S/C13H23N3O2S/c1-2-3-4-5-6-7-8-9-10-19-12-11(17)14-13(18)16-15-12/h2-10H2,1H3,(H2,14,16,17,18). The molecule has 0 radical (unpaired) electrons. The van der Waals surface area contributed by atoms with Crippen molar-refractivity contribution >= 4 is 11.8 Å². The Labute approximate surface area is 117 Å². The van der Waals surface area contributed by atoms with E-state index in [0.29, 0.717) is 5.03 Å². The first kappa shape index (κ1) is 16.0. The number of hydrogen-bond acceptors (Lipinski definition) is 4. The second kappa shape index (κ2) is 9.83. The van der Waals surface area contributed by atoms with Crippen LogP contribution in [0.25, 0.3) is 0 Å². The van der Waals surface area contributed by atoms with Gasteiger partial charge in [0.1, 0.15) is 0 Å².